The standard InChI is InChI=1S/C21H23N5O2/c1-14(15(2)26-11-10-22-16(26)3)18-5-7-19(8-6-18)24-21(28)25-20-9-4-17(13-27)12-23-20/h4-12,14,27H,2,13H2,1,3H3,(H2,23,24,25,28)/t14-/m1/s1. The summed E-state index contributed by atoms with van der Waals surface area (Å²) in [5.41, 5.74) is 3.38. The molecule has 0 saturated heterocycles. The van der Waals surface area contributed by atoms with Gasteiger partial charge in [0, 0.05) is 35.9 Å². The molecule has 3 rings (SSSR count). The number of anilines is 2. The van der Waals surface area contributed by atoms with Crippen molar-refractivity contribution in [2.45, 2.75) is 26.4 Å². The lowest BCUT2D eigenvalue weighted by atomic mass is 9.98. The number of aliphatic hydroxyl groups excluding tert-OH is 1. The van der Waals surface area contributed by atoms with Gasteiger partial charge in [-0.25, -0.2) is 14.8 Å². The van der Waals surface area contributed by atoms with Crippen molar-refractivity contribution in [2.75, 3.05) is 10.6 Å². The molecule has 0 unspecified atom stereocenters. The van der Waals surface area contributed by atoms with Gasteiger partial charge in [0.15, 0.2) is 0 Å². The highest BCUT2D eigenvalue weighted by atomic mass is 16.3. The molecule has 1 atom stereocenters. The van der Waals surface area contributed by atoms with Crippen molar-refractivity contribution in [3.63, 3.8) is 0 Å². The third-order valence-corrected chi connectivity index (χ3v) is 4.55. The molecule has 0 spiro atoms. The number of amides is 2. The zero-order chi connectivity index (χ0) is 20.1. The number of allylic oxidation sites excluding steroid dienone is 1. The first-order valence-corrected chi connectivity index (χ1v) is 8.91. The molecule has 0 radical (unpaired) electrons. The van der Waals surface area contributed by atoms with Gasteiger partial charge in [-0.1, -0.05) is 31.7 Å². The summed E-state index contributed by atoms with van der Waals surface area (Å²) >= 11 is 0. The Morgan fingerprint density at radius 1 is 1.18 bits per heavy atom. The van der Waals surface area contributed by atoms with E-state index in [1.165, 1.54) is 6.20 Å². The molecule has 0 aliphatic rings. The van der Waals surface area contributed by atoms with Crippen molar-refractivity contribution < 1.29 is 9.90 Å². The van der Waals surface area contributed by atoms with Crippen molar-refractivity contribution in [3.8, 4) is 0 Å². The van der Waals surface area contributed by atoms with E-state index in [4.69, 9.17) is 5.11 Å². The highest BCUT2D eigenvalue weighted by molar-refractivity contribution is 5.99. The van der Waals surface area contributed by atoms with Gasteiger partial charge in [0.05, 0.1) is 6.61 Å². The Bertz CT molecular complexity index is 961. The van der Waals surface area contributed by atoms with Crippen LogP contribution in [0.4, 0.5) is 16.3 Å². The third-order valence-electron chi connectivity index (χ3n) is 4.55. The summed E-state index contributed by atoms with van der Waals surface area (Å²) in [6, 6.07) is 10.6. The number of benzene rings is 1. The summed E-state index contributed by atoms with van der Waals surface area (Å²) in [7, 11) is 0. The van der Waals surface area contributed by atoms with Crippen molar-refractivity contribution in [1.29, 1.82) is 0 Å². The van der Waals surface area contributed by atoms with Crippen LogP contribution in [0.15, 0.2) is 61.6 Å². The van der Waals surface area contributed by atoms with Crippen molar-refractivity contribution in [3.05, 3.63) is 78.5 Å². The second kappa shape index (κ2) is 8.49. The average Bonchev–Trinajstić information content (AvgIpc) is 3.14. The van der Waals surface area contributed by atoms with Crippen LogP contribution in [-0.2, 0) is 6.61 Å². The molecule has 7 nitrogen and oxygen atoms in total. The van der Waals surface area contributed by atoms with E-state index < -0.39 is 0 Å². The molecule has 144 valence electrons. The van der Waals surface area contributed by atoms with Gasteiger partial charge in [0.25, 0.3) is 0 Å². The summed E-state index contributed by atoms with van der Waals surface area (Å²) in [6.45, 7) is 8.12. The Morgan fingerprint density at radius 3 is 2.50 bits per heavy atom. The number of nitrogens with one attached hydrogen (secondary N) is 2. The van der Waals surface area contributed by atoms with Crippen LogP contribution in [-0.4, -0.2) is 25.7 Å². The summed E-state index contributed by atoms with van der Waals surface area (Å²) in [4.78, 5) is 20.4. The number of aryl methyl sites for hydroxylation is 1. The molecule has 3 N–H and O–H groups in total. The minimum atomic E-state index is -0.386. The first-order valence-electron chi connectivity index (χ1n) is 8.91. The Labute approximate surface area is 163 Å². The molecule has 3 aromatic rings. The lowest BCUT2D eigenvalue weighted by Crippen LogP contribution is -2.20. The van der Waals surface area contributed by atoms with Crippen LogP contribution >= 0.6 is 0 Å². The quantitative estimate of drug-likeness (QED) is 0.605. The normalized spacial score (nSPS) is 11.7. The Balaban J connectivity index is 1.61. The summed E-state index contributed by atoms with van der Waals surface area (Å²) in [5, 5.41) is 14.4. The van der Waals surface area contributed by atoms with Crippen LogP contribution in [0.2, 0.25) is 0 Å². The van der Waals surface area contributed by atoms with Gasteiger partial charge in [-0.05, 0) is 36.2 Å². The van der Waals surface area contributed by atoms with Crippen LogP contribution in [0.3, 0.4) is 0 Å². The molecule has 2 amide bonds. The number of aromatic nitrogens is 3. The molecule has 28 heavy (non-hydrogen) atoms. The molecular weight excluding hydrogens is 354 g/mol. The van der Waals surface area contributed by atoms with E-state index >= 15 is 0 Å². The van der Waals surface area contributed by atoms with Crippen molar-refractivity contribution >= 4 is 23.2 Å². The fourth-order valence-corrected chi connectivity index (χ4v) is 2.81. The molecule has 1 aromatic carbocycles. The lowest BCUT2D eigenvalue weighted by Gasteiger charge is -2.18. The molecule has 0 saturated carbocycles. The molecular formula is C21H23N5O2. The number of carbonyl (C=O) groups is 1. The number of hydrogen-bond acceptors (Lipinski definition) is 4. The van der Waals surface area contributed by atoms with E-state index in [1.807, 2.05) is 42.0 Å². The van der Waals surface area contributed by atoms with Crippen molar-refractivity contribution in [1.82, 2.24) is 14.5 Å². The van der Waals surface area contributed by atoms with Gasteiger partial charge in [-0.15, -0.1) is 0 Å². The topological polar surface area (TPSA) is 92.1 Å². The first-order chi connectivity index (χ1) is 13.5. The Morgan fingerprint density at radius 2 is 1.93 bits per heavy atom. The van der Waals surface area contributed by atoms with Gasteiger partial charge in [0.2, 0.25) is 0 Å². The smallest absolute Gasteiger partial charge is 0.324 e. The van der Waals surface area contributed by atoms with Gasteiger partial charge in [-0.2, -0.15) is 0 Å². The Hall–Kier alpha value is -3.45. The van der Waals surface area contributed by atoms with Gasteiger partial charge in [0.1, 0.15) is 11.6 Å². The zero-order valence-electron chi connectivity index (χ0n) is 15.9. The lowest BCUT2D eigenvalue weighted by molar-refractivity contribution is 0.262. The van der Waals surface area contributed by atoms with Gasteiger partial charge in [-0.3, -0.25) is 5.32 Å². The first kappa shape index (κ1) is 19.3. The molecule has 0 fully saturated rings. The van der Waals surface area contributed by atoms with E-state index in [1.54, 1.807) is 18.3 Å². The number of rotatable bonds is 6. The molecule has 2 aromatic heterocycles. The molecule has 2 heterocycles. The fourth-order valence-electron chi connectivity index (χ4n) is 2.81. The zero-order valence-corrected chi connectivity index (χ0v) is 15.9. The number of hydrogen-bond donors (Lipinski definition) is 3. The van der Waals surface area contributed by atoms with E-state index in [0.29, 0.717) is 17.1 Å². The number of aliphatic hydroxyl groups is 1. The predicted molar refractivity (Wildman–Crippen MR) is 110 cm³/mol. The largest absolute Gasteiger partial charge is 0.392 e. The fraction of sp³-hybridized carbons (Fsp3) is 0.190. The SMILES string of the molecule is C=C([C@@H](C)c1ccc(NC(=O)Nc2ccc(CO)cn2)cc1)n1ccnc1C. The number of urea groups is 1. The van der Waals surface area contributed by atoms with Crippen LogP contribution in [0.25, 0.3) is 5.70 Å². The van der Waals surface area contributed by atoms with E-state index in [-0.39, 0.29) is 18.6 Å². The maximum atomic E-state index is 12.1. The minimum Gasteiger partial charge on any atom is -0.392 e. The molecule has 0 aliphatic heterocycles. The number of carbonyl (C=O) groups excluding carboxylic acids is 1. The minimum absolute atomic E-state index is 0.0862. The maximum Gasteiger partial charge on any atom is 0.324 e. The van der Waals surface area contributed by atoms with Crippen molar-refractivity contribution in [2.24, 2.45) is 0 Å². The Kier molecular flexibility index (Phi) is 5.86. The van der Waals surface area contributed by atoms with Crippen LogP contribution in [0.1, 0.15) is 29.8 Å². The summed E-state index contributed by atoms with van der Waals surface area (Å²) in [6.07, 6.45) is 5.17. The third kappa shape index (κ3) is 4.44. The molecule has 7 heteroatoms. The van der Waals surface area contributed by atoms with Gasteiger partial charge < -0.3 is 15.0 Å². The second-order valence-corrected chi connectivity index (χ2v) is 6.47. The highest BCUT2D eigenvalue weighted by Gasteiger charge is 2.13. The molecule has 0 aliphatic carbocycles. The maximum absolute atomic E-state index is 12.1. The monoisotopic (exact) mass is 377 g/mol. The van der Waals surface area contributed by atoms with Crippen LogP contribution in [0, 0.1) is 6.92 Å². The van der Waals surface area contributed by atoms with E-state index in [0.717, 1.165) is 17.1 Å². The summed E-state index contributed by atoms with van der Waals surface area (Å²) in [5.74, 6) is 1.41. The number of nitrogens with zero attached hydrogens (tertiary/aromatic N) is 3. The molecule has 0 bridgehead atoms. The number of imidazole rings is 1. The highest BCUT2D eigenvalue weighted by Crippen LogP contribution is 2.27. The second-order valence-electron chi connectivity index (χ2n) is 6.47. The van der Waals surface area contributed by atoms with E-state index in [9.17, 15) is 4.79 Å². The predicted octanol–water partition coefficient (Wildman–Crippen LogP) is 4.00. The van der Waals surface area contributed by atoms with Gasteiger partial charge >= 0.3 is 6.03 Å². The van der Waals surface area contributed by atoms with Crippen LogP contribution < -0.4 is 10.6 Å². The summed E-state index contributed by atoms with van der Waals surface area (Å²) < 4.78 is 1.97. The number of pyridine rings is 1. The van der Waals surface area contributed by atoms with Crippen LogP contribution in [0.5, 0.6) is 0 Å². The average molecular weight is 377 g/mol. The van der Waals surface area contributed by atoms with E-state index in [2.05, 4.69) is 34.1 Å².